The normalized spacial score (nSPS) is 17.2. The third-order valence-electron chi connectivity index (χ3n) is 4.29. The molecule has 2 rings (SSSR count). The molecule has 118 valence electrons. The number of nitrogens with one attached hydrogen (secondary N) is 1. The predicted octanol–water partition coefficient (Wildman–Crippen LogP) is 3.11. The molecule has 0 atom stereocenters. The van der Waals surface area contributed by atoms with Crippen molar-refractivity contribution in [2.45, 2.75) is 46.2 Å². The Balaban J connectivity index is 1.86. The Bertz CT molecular complexity index is 411. The molecule has 21 heavy (non-hydrogen) atoms. The van der Waals surface area contributed by atoms with E-state index in [4.69, 9.17) is 0 Å². The van der Waals surface area contributed by atoms with Gasteiger partial charge in [0.05, 0.1) is 0 Å². The SMILES string of the molecule is CCCNCc1ccc(N2CCN(C(C)(C)C)CC2)cc1. The van der Waals surface area contributed by atoms with Crippen molar-refractivity contribution in [3.63, 3.8) is 0 Å². The van der Waals surface area contributed by atoms with E-state index in [9.17, 15) is 0 Å². The van der Waals surface area contributed by atoms with E-state index in [2.05, 4.69) is 67.1 Å². The van der Waals surface area contributed by atoms with Crippen LogP contribution in [0.4, 0.5) is 5.69 Å². The standard InChI is InChI=1S/C18H31N3/c1-5-10-19-15-16-6-8-17(9-7-16)20-11-13-21(14-12-20)18(2,3)4/h6-9,19H,5,10-15H2,1-4H3. The molecular formula is C18H31N3. The lowest BCUT2D eigenvalue weighted by atomic mass is 10.0. The first-order chi connectivity index (χ1) is 10.0. The molecule has 0 amide bonds. The van der Waals surface area contributed by atoms with Crippen LogP contribution in [0.1, 0.15) is 39.7 Å². The van der Waals surface area contributed by atoms with Crippen LogP contribution in [0.2, 0.25) is 0 Å². The summed E-state index contributed by atoms with van der Waals surface area (Å²) in [6.45, 7) is 15.8. The van der Waals surface area contributed by atoms with E-state index >= 15 is 0 Å². The van der Waals surface area contributed by atoms with E-state index in [1.165, 1.54) is 17.7 Å². The summed E-state index contributed by atoms with van der Waals surface area (Å²) in [5, 5.41) is 3.45. The van der Waals surface area contributed by atoms with Gasteiger partial charge in [-0.1, -0.05) is 19.1 Å². The second-order valence-electron chi connectivity index (χ2n) is 6.99. The van der Waals surface area contributed by atoms with Crippen molar-refractivity contribution in [3.05, 3.63) is 29.8 Å². The molecule has 3 nitrogen and oxygen atoms in total. The summed E-state index contributed by atoms with van der Waals surface area (Å²) in [7, 11) is 0. The number of hydrogen-bond donors (Lipinski definition) is 1. The first-order valence-electron chi connectivity index (χ1n) is 8.30. The quantitative estimate of drug-likeness (QED) is 0.840. The van der Waals surface area contributed by atoms with Gasteiger partial charge in [-0.3, -0.25) is 4.90 Å². The van der Waals surface area contributed by atoms with Gasteiger partial charge in [0.25, 0.3) is 0 Å². The van der Waals surface area contributed by atoms with Gasteiger partial charge in [0.2, 0.25) is 0 Å². The third kappa shape index (κ3) is 4.72. The van der Waals surface area contributed by atoms with E-state index in [1.54, 1.807) is 0 Å². The number of hydrogen-bond acceptors (Lipinski definition) is 3. The lowest BCUT2D eigenvalue weighted by Gasteiger charge is -2.43. The highest BCUT2D eigenvalue weighted by Gasteiger charge is 2.25. The lowest BCUT2D eigenvalue weighted by Crippen LogP contribution is -2.53. The molecule has 1 aromatic rings. The van der Waals surface area contributed by atoms with Crippen LogP contribution in [0.5, 0.6) is 0 Å². The first-order valence-corrected chi connectivity index (χ1v) is 8.30. The molecule has 1 heterocycles. The van der Waals surface area contributed by atoms with Gasteiger partial charge in [-0.15, -0.1) is 0 Å². The minimum Gasteiger partial charge on any atom is -0.369 e. The Labute approximate surface area is 130 Å². The Kier molecular flexibility index (Phi) is 5.65. The molecule has 1 aromatic carbocycles. The van der Waals surface area contributed by atoms with Crippen LogP contribution in [0.15, 0.2) is 24.3 Å². The van der Waals surface area contributed by atoms with Gasteiger partial charge in [0.15, 0.2) is 0 Å². The largest absolute Gasteiger partial charge is 0.369 e. The number of nitrogens with zero attached hydrogens (tertiary/aromatic N) is 2. The molecule has 1 aliphatic rings. The number of benzene rings is 1. The zero-order valence-corrected chi connectivity index (χ0v) is 14.2. The van der Waals surface area contributed by atoms with Crippen LogP contribution in [-0.2, 0) is 6.54 Å². The molecule has 1 fully saturated rings. The Morgan fingerprint density at radius 1 is 1.00 bits per heavy atom. The fourth-order valence-corrected chi connectivity index (χ4v) is 2.87. The van der Waals surface area contributed by atoms with Gasteiger partial charge in [-0.05, 0) is 51.4 Å². The highest BCUT2D eigenvalue weighted by molar-refractivity contribution is 5.48. The fraction of sp³-hybridized carbons (Fsp3) is 0.667. The van der Waals surface area contributed by atoms with Crippen molar-refractivity contribution in [1.29, 1.82) is 0 Å². The molecule has 0 saturated carbocycles. The van der Waals surface area contributed by atoms with Gasteiger partial charge in [0.1, 0.15) is 0 Å². The second-order valence-corrected chi connectivity index (χ2v) is 6.99. The van der Waals surface area contributed by atoms with Gasteiger partial charge in [-0.25, -0.2) is 0 Å². The summed E-state index contributed by atoms with van der Waals surface area (Å²) in [6, 6.07) is 9.06. The molecule has 0 aromatic heterocycles. The molecular weight excluding hydrogens is 258 g/mol. The lowest BCUT2D eigenvalue weighted by molar-refractivity contribution is 0.128. The molecule has 0 spiro atoms. The molecule has 0 bridgehead atoms. The highest BCUT2D eigenvalue weighted by Crippen LogP contribution is 2.21. The van der Waals surface area contributed by atoms with Crippen molar-refractivity contribution in [3.8, 4) is 0 Å². The van der Waals surface area contributed by atoms with E-state index < -0.39 is 0 Å². The second kappa shape index (κ2) is 7.28. The Morgan fingerprint density at radius 2 is 1.62 bits per heavy atom. The first kappa shape index (κ1) is 16.3. The van der Waals surface area contributed by atoms with Crippen LogP contribution in [0.3, 0.4) is 0 Å². The Hall–Kier alpha value is -1.06. The summed E-state index contributed by atoms with van der Waals surface area (Å²) in [5.74, 6) is 0. The van der Waals surface area contributed by atoms with Crippen molar-refractivity contribution >= 4 is 5.69 Å². The van der Waals surface area contributed by atoms with E-state index in [1.807, 2.05) is 0 Å². The van der Waals surface area contributed by atoms with Crippen LogP contribution in [-0.4, -0.2) is 43.2 Å². The van der Waals surface area contributed by atoms with Crippen molar-refractivity contribution in [2.75, 3.05) is 37.6 Å². The average Bonchev–Trinajstić information content (AvgIpc) is 2.48. The topological polar surface area (TPSA) is 18.5 Å². The average molecular weight is 289 g/mol. The maximum atomic E-state index is 3.45. The highest BCUT2D eigenvalue weighted by atomic mass is 15.3. The van der Waals surface area contributed by atoms with Crippen molar-refractivity contribution in [2.24, 2.45) is 0 Å². The predicted molar refractivity (Wildman–Crippen MR) is 92.0 cm³/mol. The van der Waals surface area contributed by atoms with Crippen LogP contribution in [0, 0.1) is 0 Å². The van der Waals surface area contributed by atoms with Crippen LogP contribution < -0.4 is 10.2 Å². The number of anilines is 1. The smallest absolute Gasteiger partial charge is 0.0367 e. The molecule has 0 radical (unpaired) electrons. The van der Waals surface area contributed by atoms with Gasteiger partial charge < -0.3 is 10.2 Å². The van der Waals surface area contributed by atoms with Gasteiger partial charge in [-0.2, -0.15) is 0 Å². The van der Waals surface area contributed by atoms with Crippen LogP contribution >= 0.6 is 0 Å². The molecule has 0 aliphatic carbocycles. The molecule has 3 heteroatoms. The maximum Gasteiger partial charge on any atom is 0.0367 e. The summed E-state index contributed by atoms with van der Waals surface area (Å²) in [4.78, 5) is 5.08. The molecule has 1 N–H and O–H groups in total. The number of rotatable bonds is 5. The van der Waals surface area contributed by atoms with Crippen molar-refractivity contribution in [1.82, 2.24) is 10.2 Å². The number of piperazine rings is 1. The fourth-order valence-electron chi connectivity index (χ4n) is 2.87. The zero-order chi connectivity index (χ0) is 15.3. The molecule has 1 saturated heterocycles. The molecule has 0 unspecified atom stereocenters. The molecule has 1 aliphatic heterocycles. The van der Waals surface area contributed by atoms with Gasteiger partial charge >= 0.3 is 0 Å². The third-order valence-corrected chi connectivity index (χ3v) is 4.29. The summed E-state index contributed by atoms with van der Waals surface area (Å²) in [5.41, 5.74) is 3.03. The van der Waals surface area contributed by atoms with Crippen LogP contribution in [0.25, 0.3) is 0 Å². The van der Waals surface area contributed by atoms with Crippen molar-refractivity contribution < 1.29 is 0 Å². The van der Waals surface area contributed by atoms with E-state index in [0.717, 1.165) is 39.3 Å². The van der Waals surface area contributed by atoms with E-state index in [-0.39, 0.29) is 0 Å². The zero-order valence-electron chi connectivity index (χ0n) is 14.2. The summed E-state index contributed by atoms with van der Waals surface area (Å²) < 4.78 is 0. The minimum atomic E-state index is 0.293. The Morgan fingerprint density at radius 3 is 2.14 bits per heavy atom. The summed E-state index contributed by atoms with van der Waals surface area (Å²) in [6.07, 6.45) is 1.19. The van der Waals surface area contributed by atoms with E-state index in [0.29, 0.717) is 5.54 Å². The minimum absolute atomic E-state index is 0.293. The monoisotopic (exact) mass is 289 g/mol. The summed E-state index contributed by atoms with van der Waals surface area (Å²) >= 11 is 0. The van der Waals surface area contributed by atoms with Gasteiger partial charge in [0, 0.05) is 44.0 Å². The maximum absolute atomic E-state index is 3.45.